The van der Waals surface area contributed by atoms with Crippen molar-refractivity contribution in [1.82, 2.24) is 4.57 Å². The van der Waals surface area contributed by atoms with Gasteiger partial charge in [-0.05, 0) is 40.2 Å². The smallest absolute Gasteiger partial charge is 0.263 e. The minimum atomic E-state index is -3.63. The van der Waals surface area contributed by atoms with Crippen molar-refractivity contribution in [2.24, 2.45) is 12.8 Å². The van der Waals surface area contributed by atoms with Crippen molar-refractivity contribution < 1.29 is 8.42 Å². The van der Waals surface area contributed by atoms with Crippen molar-refractivity contribution in [1.29, 1.82) is 0 Å². The molecule has 0 saturated heterocycles. The molecule has 0 spiro atoms. The third-order valence-electron chi connectivity index (χ3n) is 2.78. The van der Waals surface area contributed by atoms with Crippen LogP contribution in [0.4, 0.5) is 5.69 Å². The van der Waals surface area contributed by atoms with Gasteiger partial charge in [0.15, 0.2) is 0 Å². The number of sulfonamides is 1. The number of hydrogen-bond donors (Lipinski definition) is 2. The molecule has 0 aliphatic rings. The molecule has 2 aromatic rings. The van der Waals surface area contributed by atoms with Gasteiger partial charge in [0, 0.05) is 34.4 Å². The zero-order valence-corrected chi connectivity index (χ0v) is 14.6. The predicted molar refractivity (Wildman–Crippen MR) is 86.0 cm³/mol. The van der Waals surface area contributed by atoms with Gasteiger partial charge >= 0.3 is 0 Å². The van der Waals surface area contributed by atoms with Crippen LogP contribution in [0.25, 0.3) is 0 Å². The molecule has 1 aromatic carbocycles. The number of halogens is 2. The highest BCUT2D eigenvalue weighted by molar-refractivity contribution is 9.11. The highest BCUT2D eigenvalue weighted by Crippen LogP contribution is 2.28. The molecule has 0 atom stereocenters. The van der Waals surface area contributed by atoms with Gasteiger partial charge in [0.25, 0.3) is 10.0 Å². The van der Waals surface area contributed by atoms with Crippen LogP contribution in [-0.4, -0.2) is 13.0 Å². The molecule has 8 heteroatoms. The molecular formula is C12H13Br2N3O2S. The zero-order valence-electron chi connectivity index (χ0n) is 10.6. The molecule has 20 heavy (non-hydrogen) atoms. The normalized spacial score (nSPS) is 11.6. The molecule has 1 aromatic heterocycles. The van der Waals surface area contributed by atoms with Crippen molar-refractivity contribution in [2.45, 2.75) is 11.4 Å². The Morgan fingerprint density at radius 3 is 2.55 bits per heavy atom. The van der Waals surface area contributed by atoms with Crippen LogP contribution in [-0.2, 0) is 23.6 Å². The minimum absolute atomic E-state index is 0.190. The number of benzene rings is 1. The molecule has 108 valence electrons. The Bertz CT molecular complexity index is 741. The molecule has 0 bridgehead atoms. The first-order chi connectivity index (χ1) is 9.33. The lowest BCUT2D eigenvalue weighted by molar-refractivity contribution is 0.601. The molecule has 3 N–H and O–H groups in total. The lowest BCUT2D eigenvalue weighted by Gasteiger charge is -2.08. The number of rotatable bonds is 4. The molecule has 0 amide bonds. The van der Waals surface area contributed by atoms with E-state index in [2.05, 4.69) is 36.6 Å². The Kier molecular flexibility index (Phi) is 4.58. The molecule has 0 aliphatic carbocycles. The summed E-state index contributed by atoms with van der Waals surface area (Å²) in [7, 11) is -1.87. The average molecular weight is 423 g/mol. The molecule has 0 aliphatic heterocycles. The van der Waals surface area contributed by atoms with E-state index in [-0.39, 0.29) is 11.4 Å². The first-order valence-corrected chi connectivity index (χ1v) is 8.73. The molecule has 2 rings (SSSR count). The Morgan fingerprint density at radius 1 is 1.30 bits per heavy atom. The van der Waals surface area contributed by atoms with Gasteiger partial charge in [0.1, 0.15) is 4.90 Å². The lowest BCUT2D eigenvalue weighted by atomic mass is 10.3. The van der Waals surface area contributed by atoms with Crippen LogP contribution >= 0.6 is 31.9 Å². The van der Waals surface area contributed by atoms with Gasteiger partial charge in [-0.3, -0.25) is 4.72 Å². The SMILES string of the molecule is Cn1cc(S(=O)(=O)Nc2ccc(Br)cc2Br)cc1CN. The van der Waals surface area contributed by atoms with Gasteiger partial charge in [-0.2, -0.15) is 0 Å². The monoisotopic (exact) mass is 421 g/mol. The van der Waals surface area contributed by atoms with Crippen LogP contribution in [0.1, 0.15) is 5.69 Å². The summed E-state index contributed by atoms with van der Waals surface area (Å²) in [4.78, 5) is 0.190. The van der Waals surface area contributed by atoms with E-state index in [1.165, 1.54) is 6.20 Å². The lowest BCUT2D eigenvalue weighted by Crippen LogP contribution is -2.12. The van der Waals surface area contributed by atoms with Crippen molar-refractivity contribution in [3.8, 4) is 0 Å². The highest BCUT2D eigenvalue weighted by Gasteiger charge is 2.18. The summed E-state index contributed by atoms with van der Waals surface area (Å²) in [5.74, 6) is 0. The van der Waals surface area contributed by atoms with Gasteiger partial charge < -0.3 is 10.3 Å². The quantitative estimate of drug-likeness (QED) is 0.795. The van der Waals surface area contributed by atoms with Gasteiger partial charge in [0.05, 0.1) is 5.69 Å². The van der Waals surface area contributed by atoms with Crippen LogP contribution in [0.15, 0.2) is 44.3 Å². The fraction of sp³-hybridized carbons (Fsp3) is 0.167. The Balaban J connectivity index is 2.35. The van der Waals surface area contributed by atoms with E-state index >= 15 is 0 Å². The summed E-state index contributed by atoms with van der Waals surface area (Å²) in [6.07, 6.45) is 1.54. The van der Waals surface area contributed by atoms with Crippen LogP contribution in [0.5, 0.6) is 0 Å². The van der Waals surface area contributed by atoms with Gasteiger partial charge in [-0.15, -0.1) is 0 Å². The van der Waals surface area contributed by atoms with E-state index in [1.807, 2.05) is 0 Å². The van der Waals surface area contributed by atoms with Gasteiger partial charge in [0.2, 0.25) is 0 Å². The molecule has 1 heterocycles. The third-order valence-corrected chi connectivity index (χ3v) is 5.26. The van der Waals surface area contributed by atoms with E-state index in [0.717, 1.165) is 10.2 Å². The standard InChI is InChI=1S/C12H13Br2N3O2S/c1-17-7-10(5-9(17)6-15)20(18,19)16-12-3-2-8(13)4-11(12)14/h2-5,7,16H,6,15H2,1H3. The van der Waals surface area contributed by atoms with Crippen molar-refractivity contribution in [3.05, 3.63) is 45.1 Å². The predicted octanol–water partition coefficient (Wildman–Crippen LogP) is 2.81. The van der Waals surface area contributed by atoms with Crippen molar-refractivity contribution in [3.63, 3.8) is 0 Å². The second-order valence-corrected chi connectivity index (χ2v) is 7.66. The largest absolute Gasteiger partial charge is 0.352 e. The van der Waals surface area contributed by atoms with E-state index in [9.17, 15) is 8.42 Å². The Labute approximate surface area is 134 Å². The van der Waals surface area contributed by atoms with Crippen LogP contribution in [0, 0.1) is 0 Å². The molecule has 0 fully saturated rings. The van der Waals surface area contributed by atoms with Gasteiger partial charge in [-0.25, -0.2) is 8.42 Å². The fourth-order valence-electron chi connectivity index (χ4n) is 1.70. The molecular weight excluding hydrogens is 410 g/mol. The summed E-state index contributed by atoms with van der Waals surface area (Å²) < 4.78 is 30.4. The summed E-state index contributed by atoms with van der Waals surface area (Å²) in [6.45, 7) is 0.286. The number of aromatic nitrogens is 1. The summed E-state index contributed by atoms with van der Waals surface area (Å²) in [5, 5.41) is 0. The zero-order chi connectivity index (χ0) is 14.9. The van der Waals surface area contributed by atoms with Crippen LogP contribution in [0.3, 0.4) is 0 Å². The maximum Gasteiger partial charge on any atom is 0.263 e. The summed E-state index contributed by atoms with van der Waals surface area (Å²) in [5.41, 5.74) is 6.78. The number of nitrogens with zero attached hydrogens (tertiary/aromatic N) is 1. The minimum Gasteiger partial charge on any atom is -0.352 e. The maximum atomic E-state index is 12.3. The topological polar surface area (TPSA) is 77.1 Å². The first-order valence-electron chi connectivity index (χ1n) is 5.66. The number of aryl methyl sites for hydroxylation is 1. The number of hydrogen-bond acceptors (Lipinski definition) is 3. The third kappa shape index (κ3) is 3.25. The molecule has 0 saturated carbocycles. The van der Waals surface area contributed by atoms with E-state index in [4.69, 9.17) is 5.73 Å². The van der Waals surface area contributed by atoms with Crippen molar-refractivity contribution >= 4 is 47.6 Å². The van der Waals surface area contributed by atoms with Gasteiger partial charge in [-0.1, -0.05) is 15.9 Å². The fourth-order valence-corrected chi connectivity index (χ4v) is 4.15. The Morgan fingerprint density at radius 2 is 2.00 bits per heavy atom. The van der Waals surface area contributed by atoms with Crippen LogP contribution < -0.4 is 10.5 Å². The van der Waals surface area contributed by atoms with E-state index in [1.54, 1.807) is 35.9 Å². The number of nitrogens with two attached hydrogens (primary N) is 1. The van der Waals surface area contributed by atoms with Crippen molar-refractivity contribution in [2.75, 3.05) is 4.72 Å². The second-order valence-electron chi connectivity index (χ2n) is 4.21. The van der Waals surface area contributed by atoms with E-state index < -0.39 is 10.0 Å². The molecule has 0 unspecified atom stereocenters. The number of anilines is 1. The highest BCUT2D eigenvalue weighted by atomic mass is 79.9. The number of nitrogens with one attached hydrogen (secondary N) is 1. The summed E-state index contributed by atoms with van der Waals surface area (Å²) >= 11 is 6.64. The second kappa shape index (κ2) is 5.88. The van der Waals surface area contributed by atoms with Crippen LogP contribution in [0.2, 0.25) is 0 Å². The molecule has 5 nitrogen and oxygen atoms in total. The van der Waals surface area contributed by atoms with E-state index in [0.29, 0.717) is 10.2 Å². The first kappa shape index (κ1) is 15.6. The Hall–Kier alpha value is -0.830. The molecule has 0 radical (unpaired) electrons. The average Bonchev–Trinajstić information content (AvgIpc) is 2.75. The maximum absolute atomic E-state index is 12.3. The summed E-state index contributed by atoms with van der Waals surface area (Å²) in [6, 6.07) is 6.78.